The van der Waals surface area contributed by atoms with Gasteiger partial charge in [-0.2, -0.15) is 0 Å². The van der Waals surface area contributed by atoms with E-state index in [2.05, 4.69) is 15.9 Å². The van der Waals surface area contributed by atoms with Gasteiger partial charge in [-0.3, -0.25) is 0 Å². The van der Waals surface area contributed by atoms with E-state index in [1.54, 1.807) is 0 Å². The quantitative estimate of drug-likeness (QED) is 0.853. The number of benzene rings is 1. The number of thiophene rings is 1. The van der Waals surface area contributed by atoms with Crippen molar-refractivity contribution in [1.29, 1.82) is 0 Å². The second-order valence-corrected chi connectivity index (χ2v) is 5.76. The third kappa shape index (κ3) is 2.28. The van der Waals surface area contributed by atoms with Gasteiger partial charge in [-0.1, -0.05) is 28.1 Å². The molecule has 94 valence electrons. The van der Waals surface area contributed by atoms with Crippen molar-refractivity contribution in [1.82, 2.24) is 0 Å². The molecule has 0 amide bonds. The fraction of sp³-hybridized carbons (Fsp3) is 0.154. The highest BCUT2D eigenvalue weighted by molar-refractivity contribution is 9.10. The number of carbonyl (C=O) groups is 1. The van der Waals surface area contributed by atoms with Gasteiger partial charge in [0.15, 0.2) is 0 Å². The third-order valence-electron chi connectivity index (χ3n) is 2.67. The van der Waals surface area contributed by atoms with Crippen LogP contribution in [0.4, 0.5) is 5.00 Å². The summed E-state index contributed by atoms with van der Waals surface area (Å²) in [4.78, 5) is 12.7. The first-order valence-corrected chi connectivity index (χ1v) is 6.88. The van der Waals surface area contributed by atoms with Crippen LogP contribution in [-0.4, -0.2) is 13.1 Å². The van der Waals surface area contributed by atoms with Crippen molar-refractivity contribution in [2.24, 2.45) is 0 Å². The topological polar surface area (TPSA) is 52.3 Å². The first-order valence-electron chi connectivity index (χ1n) is 5.27. The first kappa shape index (κ1) is 13.1. The van der Waals surface area contributed by atoms with E-state index in [0.29, 0.717) is 10.6 Å². The smallest absolute Gasteiger partial charge is 0.341 e. The van der Waals surface area contributed by atoms with Crippen LogP contribution in [0.5, 0.6) is 0 Å². The van der Waals surface area contributed by atoms with Crippen LogP contribution in [0, 0.1) is 6.92 Å². The fourth-order valence-electron chi connectivity index (χ4n) is 1.77. The lowest BCUT2D eigenvalue weighted by atomic mass is 10.1. The summed E-state index contributed by atoms with van der Waals surface area (Å²) in [5.41, 5.74) is 8.28. The summed E-state index contributed by atoms with van der Waals surface area (Å²) in [5.74, 6) is -0.385. The van der Waals surface area contributed by atoms with E-state index in [1.165, 1.54) is 18.4 Å². The van der Waals surface area contributed by atoms with Gasteiger partial charge in [-0.05, 0) is 30.2 Å². The fourth-order valence-corrected chi connectivity index (χ4v) is 3.10. The van der Waals surface area contributed by atoms with Crippen LogP contribution in [0.25, 0.3) is 10.4 Å². The zero-order valence-electron chi connectivity index (χ0n) is 9.99. The van der Waals surface area contributed by atoms with E-state index in [-0.39, 0.29) is 5.97 Å². The molecule has 0 spiro atoms. The predicted octanol–water partition coefficient (Wildman–Crippen LogP) is 3.85. The molecule has 1 aromatic carbocycles. The molecule has 0 saturated carbocycles. The first-order chi connectivity index (χ1) is 8.54. The number of nitrogen functional groups attached to an aromatic ring is 1. The molecule has 0 unspecified atom stereocenters. The maximum absolute atomic E-state index is 11.7. The van der Waals surface area contributed by atoms with Crippen LogP contribution >= 0.6 is 27.3 Å². The number of anilines is 1. The molecular weight excluding hydrogens is 314 g/mol. The lowest BCUT2D eigenvalue weighted by molar-refractivity contribution is 0.0602. The maximum Gasteiger partial charge on any atom is 0.341 e. The molecule has 0 aliphatic rings. The van der Waals surface area contributed by atoms with E-state index >= 15 is 0 Å². The minimum absolute atomic E-state index is 0.385. The SMILES string of the molecule is COC(=O)c1c(N)sc(-c2ccc(Br)cc2)c1C. The minimum Gasteiger partial charge on any atom is -0.465 e. The highest BCUT2D eigenvalue weighted by Gasteiger charge is 2.20. The van der Waals surface area contributed by atoms with E-state index < -0.39 is 0 Å². The summed E-state index contributed by atoms with van der Waals surface area (Å²) in [5, 5.41) is 0.497. The summed E-state index contributed by atoms with van der Waals surface area (Å²) in [7, 11) is 1.36. The van der Waals surface area contributed by atoms with E-state index in [9.17, 15) is 4.79 Å². The molecule has 1 heterocycles. The molecule has 1 aromatic heterocycles. The molecule has 0 fully saturated rings. The lowest BCUT2D eigenvalue weighted by Crippen LogP contribution is -2.04. The molecule has 0 saturated heterocycles. The molecule has 5 heteroatoms. The summed E-state index contributed by atoms with van der Waals surface area (Å²) in [6, 6.07) is 7.90. The Labute approximate surface area is 118 Å². The molecular formula is C13H12BrNO2S. The number of hydrogen-bond acceptors (Lipinski definition) is 4. The highest BCUT2D eigenvalue weighted by atomic mass is 79.9. The monoisotopic (exact) mass is 325 g/mol. The van der Waals surface area contributed by atoms with Gasteiger partial charge in [0.25, 0.3) is 0 Å². The predicted molar refractivity (Wildman–Crippen MR) is 77.9 cm³/mol. The van der Waals surface area contributed by atoms with Crippen molar-refractivity contribution in [3.05, 3.63) is 39.9 Å². The van der Waals surface area contributed by atoms with Crippen LogP contribution in [0.1, 0.15) is 15.9 Å². The number of halogens is 1. The van der Waals surface area contributed by atoms with E-state index in [1.807, 2.05) is 31.2 Å². The van der Waals surface area contributed by atoms with Crippen LogP contribution in [0.2, 0.25) is 0 Å². The number of nitrogens with two attached hydrogens (primary N) is 1. The Balaban J connectivity index is 2.53. The standard InChI is InChI=1S/C13H12BrNO2S/c1-7-10(13(16)17-2)12(15)18-11(7)8-3-5-9(14)6-4-8/h3-6H,15H2,1-2H3. The Morgan fingerprint density at radius 3 is 2.50 bits per heavy atom. The molecule has 0 bridgehead atoms. The van der Waals surface area contributed by atoms with Gasteiger partial charge in [-0.25, -0.2) is 4.79 Å². The number of methoxy groups -OCH3 is 1. The van der Waals surface area contributed by atoms with Gasteiger partial charge < -0.3 is 10.5 Å². The molecule has 2 rings (SSSR count). The van der Waals surface area contributed by atoms with E-state index in [0.717, 1.165) is 20.5 Å². The molecule has 3 nitrogen and oxygen atoms in total. The van der Waals surface area contributed by atoms with Crippen molar-refractivity contribution in [2.45, 2.75) is 6.92 Å². The van der Waals surface area contributed by atoms with Crippen molar-refractivity contribution in [3.63, 3.8) is 0 Å². The Bertz CT molecular complexity index is 590. The molecule has 2 aromatic rings. The normalized spacial score (nSPS) is 10.4. The molecule has 0 aliphatic heterocycles. The van der Waals surface area contributed by atoms with Crippen molar-refractivity contribution >= 4 is 38.2 Å². The zero-order valence-corrected chi connectivity index (χ0v) is 12.4. The van der Waals surface area contributed by atoms with Gasteiger partial charge in [-0.15, -0.1) is 11.3 Å². The highest BCUT2D eigenvalue weighted by Crippen LogP contribution is 2.38. The van der Waals surface area contributed by atoms with Crippen LogP contribution < -0.4 is 5.73 Å². The van der Waals surface area contributed by atoms with Crippen LogP contribution in [0.15, 0.2) is 28.7 Å². The van der Waals surface area contributed by atoms with Gasteiger partial charge in [0, 0.05) is 9.35 Å². The number of hydrogen-bond donors (Lipinski definition) is 1. The Morgan fingerprint density at radius 2 is 1.94 bits per heavy atom. The average molecular weight is 326 g/mol. The Morgan fingerprint density at radius 1 is 1.33 bits per heavy atom. The summed E-state index contributed by atoms with van der Waals surface area (Å²) >= 11 is 4.80. The largest absolute Gasteiger partial charge is 0.465 e. The lowest BCUT2D eigenvalue weighted by Gasteiger charge is -2.02. The summed E-state index contributed by atoms with van der Waals surface area (Å²) in [6.07, 6.45) is 0. The van der Waals surface area contributed by atoms with Gasteiger partial charge in [0.05, 0.1) is 12.7 Å². The third-order valence-corrected chi connectivity index (χ3v) is 4.37. The number of carbonyl (C=O) groups excluding carboxylic acids is 1. The van der Waals surface area contributed by atoms with Gasteiger partial charge in [0.2, 0.25) is 0 Å². The number of esters is 1. The van der Waals surface area contributed by atoms with Crippen LogP contribution in [-0.2, 0) is 4.74 Å². The molecule has 2 N–H and O–H groups in total. The molecule has 18 heavy (non-hydrogen) atoms. The number of ether oxygens (including phenoxy) is 1. The van der Waals surface area contributed by atoms with Crippen LogP contribution in [0.3, 0.4) is 0 Å². The molecule has 0 atom stereocenters. The molecule has 0 aliphatic carbocycles. The van der Waals surface area contributed by atoms with Crippen molar-refractivity contribution in [2.75, 3.05) is 12.8 Å². The summed E-state index contributed by atoms with van der Waals surface area (Å²) < 4.78 is 5.76. The Kier molecular flexibility index (Phi) is 3.73. The van der Waals surface area contributed by atoms with E-state index in [4.69, 9.17) is 10.5 Å². The zero-order chi connectivity index (χ0) is 13.3. The van der Waals surface area contributed by atoms with Crippen molar-refractivity contribution < 1.29 is 9.53 Å². The molecule has 0 radical (unpaired) electrons. The Hall–Kier alpha value is -1.33. The summed E-state index contributed by atoms with van der Waals surface area (Å²) in [6.45, 7) is 1.89. The number of rotatable bonds is 2. The van der Waals surface area contributed by atoms with Gasteiger partial charge in [0.1, 0.15) is 5.00 Å². The second-order valence-electron chi connectivity index (χ2n) is 3.79. The van der Waals surface area contributed by atoms with Gasteiger partial charge >= 0.3 is 5.97 Å². The second kappa shape index (κ2) is 5.12. The maximum atomic E-state index is 11.7. The van der Waals surface area contributed by atoms with Crippen molar-refractivity contribution in [3.8, 4) is 10.4 Å². The minimum atomic E-state index is -0.385. The average Bonchev–Trinajstić information content (AvgIpc) is 2.65.